The van der Waals surface area contributed by atoms with E-state index in [0.29, 0.717) is 16.3 Å². The number of hydrazone groups is 1. The second kappa shape index (κ2) is 9.55. The molecular weight excluding hydrogens is 491 g/mol. The molecule has 0 aliphatic carbocycles. The highest BCUT2D eigenvalue weighted by Crippen LogP contribution is 2.37. The molecule has 0 amide bonds. The van der Waals surface area contributed by atoms with Gasteiger partial charge in [-0.25, -0.2) is 13.2 Å². The van der Waals surface area contributed by atoms with E-state index in [9.17, 15) is 21.6 Å². The van der Waals surface area contributed by atoms with Gasteiger partial charge in [-0.1, -0.05) is 29.8 Å². The lowest BCUT2D eigenvalue weighted by Crippen LogP contribution is -2.50. The average Bonchev–Trinajstić information content (AvgIpc) is 3.23. The van der Waals surface area contributed by atoms with E-state index in [4.69, 9.17) is 11.6 Å². The fourth-order valence-electron chi connectivity index (χ4n) is 3.95. The molecule has 2 aliphatic rings. The van der Waals surface area contributed by atoms with Gasteiger partial charge in [-0.05, 0) is 30.3 Å². The number of hydrogen-bond acceptors (Lipinski definition) is 5. The third-order valence-electron chi connectivity index (χ3n) is 5.78. The molecule has 12 heteroatoms. The third-order valence-corrected chi connectivity index (χ3v) is 7.53. The quantitative estimate of drug-likeness (QED) is 0.476. The van der Waals surface area contributed by atoms with Crippen LogP contribution in [0.5, 0.6) is 0 Å². The maximum absolute atomic E-state index is 14.7. The van der Waals surface area contributed by atoms with Gasteiger partial charge in [-0.2, -0.15) is 17.8 Å². The molecule has 1 saturated heterocycles. The van der Waals surface area contributed by atoms with Crippen molar-refractivity contribution >= 4 is 39.0 Å². The molecule has 0 saturated carbocycles. The summed E-state index contributed by atoms with van der Waals surface area (Å²) in [4.78, 5) is 4.05. The molecule has 0 spiro atoms. The van der Waals surface area contributed by atoms with E-state index in [1.165, 1.54) is 13.1 Å². The Morgan fingerprint density at radius 1 is 1.15 bits per heavy atom. The summed E-state index contributed by atoms with van der Waals surface area (Å²) >= 11 is 6.00. The number of anilines is 1. The summed E-state index contributed by atoms with van der Waals surface area (Å²) in [5, 5.41) is 6.66. The SMILES string of the molecule is CN=C(NS(=O)(=O)N1CCC(F)(F)CC1)C1=NN(c2ccc(Cl)cc2)C(c2ccccc2F)C1. The maximum atomic E-state index is 14.7. The first-order valence-electron chi connectivity index (χ1n) is 10.6. The number of hydrogen-bond donors (Lipinski definition) is 1. The predicted molar refractivity (Wildman–Crippen MR) is 126 cm³/mol. The van der Waals surface area contributed by atoms with Gasteiger partial charge in [0.2, 0.25) is 0 Å². The Balaban J connectivity index is 1.62. The molecule has 2 aliphatic heterocycles. The Hall–Kier alpha value is -2.63. The first-order chi connectivity index (χ1) is 16.1. The first-order valence-corrected chi connectivity index (χ1v) is 12.4. The molecule has 182 valence electrons. The van der Waals surface area contributed by atoms with Crippen molar-refractivity contribution in [3.05, 3.63) is 64.9 Å². The summed E-state index contributed by atoms with van der Waals surface area (Å²) in [6.45, 7) is -0.610. The highest BCUT2D eigenvalue weighted by atomic mass is 35.5. The van der Waals surface area contributed by atoms with Gasteiger partial charge in [0, 0.05) is 50.0 Å². The zero-order chi connectivity index (χ0) is 24.5. The number of benzene rings is 2. The topological polar surface area (TPSA) is 77.4 Å². The molecule has 0 aromatic heterocycles. The molecule has 0 radical (unpaired) electrons. The summed E-state index contributed by atoms with van der Waals surface area (Å²) in [7, 11) is -2.74. The second-order valence-corrected chi connectivity index (χ2v) is 10.2. The Morgan fingerprint density at radius 3 is 2.41 bits per heavy atom. The zero-order valence-electron chi connectivity index (χ0n) is 18.3. The van der Waals surface area contributed by atoms with Crippen LogP contribution < -0.4 is 9.73 Å². The van der Waals surface area contributed by atoms with Crippen molar-refractivity contribution in [3.8, 4) is 0 Å². The van der Waals surface area contributed by atoms with E-state index in [1.807, 2.05) is 0 Å². The van der Waals surface area contributed by atoms with E-state index in [0.717, 1.165) is 4.31 Å². The van der Waals surface area contributed by atoms with E-state index in [1.54, 1.807) is 47.5 Å². The number of amidine groups is 1. The van der Waals surface area contributed by atoms with Crippen molar-refractivity contribution in [3.63, 3.8) is 0 Å². The lowest BCUT2D eigenvalue weighted by Gasteiger charge is -2.31. The number of alkyl halides is 2. The van der Waals surface area contributed by atoms with Crippen molar-refractivity contribution < 1.29 is 21.6 Å². The fourth-order valence-corrected chi connectivity index (χ4v) is 5.32. The van der Waals surface area contributed by atoms with Crippen molar-refractivity contribution in [2.75, 3.05) is 25.1 Å². The van der Waals surface area contributed by atoms with E-state index >= 15 is 0 Å². The summed E-state index contributed by atoms with van der Waals surface area (Å²) in [5.41, 5.74) is 1.30. The Morgan fingerprint density at radius 2 is 1.79 bits per heavy atom. The normalized spacial score (nSPS) is 21.4. The van der Waals surface area contributed by atoms with Gasteiger partial charge in [0.25, 0.3) is 5.92 Å². The van der Waals surface area contributed by atoms with Gasteiger partial charge in [-0.15, -0.1) is 0 Å². The third kappa shape index (κ3) is 5.21. The van der Waals surface area contributed by atoms with Crippen molar-refractivity contribution in [1.82, 2.24) is 9.03 Å². The molecule has 0 bridgehead atoms. The average molecular weight is 514 g/mol. The highest BCUT2D eigenvalue weighted by Gasteiger charge is 2.39. The van der Waals surface area contributed by atoms with Crippen LogP contribution in [0.3, 0.4) is 0 Å². The van der Waals surface area contributed by atoms with Crippen LogP contribution in [0.1, 0.15) is 30.9 Å². The minimum atomic E-state index is -4.13. The number of rotatable bonds is 5. The van der Waals surface area contributed by atoms with Crippen LogP contribution in [-0.4, -0.2) is 50.3 Å². The van der Waals surface area contributed by atoms with Crippen LogP contribution in [0.4, 0.5) is 18.9 Å². The Labute approximate surface area is 201 Å². The predicted octanol–water partition coefficient (Wildman–Crippen LogP) is 4.38. The number of nitrogens with one attached hydrogen (secondary N) is 1. The van der Waals surface area contributed by atoms with E-state index in [-0.39, 0.29) is 31.1 Å². The minimum Gasteiger partial charge on any atom is -0.270 e. The zero-order valence-corrected chi connectivity index (χ0v) is 19.8. The van der Waals surface area contributed by atoms with Gasteiger partial charge in [0.1, 0.15) is 11.5 Å². The summed E-state index contributed by atoms with van der Waals surface area (Å²) in [6.07, 6.45) is -0.933. The number of halogens is 4. The van der Waals surface area contributed by atoms with Crippen LogP contribution >= 0.6 is 11.6 Å². The number of piperidine rings is 1. The van der Waals surface area contributed by atoms with Crippen molar-refractivity contribution in [1.29, 1.82) is 0 Å². The summed E-state index contributed by atoms with van der Waals surface area (Å²) in [5.74, 6) is -3.34. The first kappa shape index (κ1) is 24.5. The van der Waals surface area contributed by atoms with Crippen molar-refractivity contribution in [2.24, 2.45) is 10.1 Å². The highest BCUT2D eigenvalue weighted by molar-refractivity contribution is 7.87. The van der Waals surface area contributed by atoms with Crippen LogP contribution in [0.25, 0.3) is 0 Å². The molecule has 2 aromatic carbocycles. The molecule has 2 aromatic rings. The molecule has 7 nitrogen and oxygen atoms in total. The number of aliphatic imine (C=N–C) groups is 1. The molecular formula is C22H23ClF3N5O2S. The van der Waals surface area contributed by atoms with Crippen molar-refractivity contribution in [2.45, 2.75) is 31.2 Å². The fraction of sp³-hybridized carbons (Fsp3) is 0.364. The van der Waals surface area contributed by atoms with Gasteiger partial charge < -0.3 is 0 Å². The molecule has 1 unspecified atom stereocenters. The molecule has 2 heterocycles. The largest absolute Gasteiger partial charge is 0.302 e. The van der Waals surface area contributed by atoms with Crippen LogP contribution in [0.15, 0.2) is 58.6 Å². The van der Waals surface area contributed by atoms with Gasteiger partial charge >= 0.3 is 10.2 Å². The molecule has 34 heavy (non-hydrogen) atoms. The Bertz CT molecular complexity index is 1210. The lowest BCUT2D eigenvalue weighted by molar-refractivity contribution is -0.0412. The van der Waals surface area contributed by atoms with E-state index < -0.39 is 40.8 Å². The van der Waals surface area contributed by atoms with Gasteiger partial charge in [0.05, 0.1) is 11.7 Å². The Kier molecular flexibility index (Phi) is 6.88. The van der Waals surface area contributed by atoms with Gasteiger partial charge in [-0.3, -0.25) is 14.7 Å². The summed E-state index contributed by atoms with van der Waals surface area (Å²) < 4.78 is 70.7. The molecule has 4 rings (SSSR count). The van der Waals surface area contributed by atoms with Crippen LogP contribution in [0.2, 0.25) is 5.02 Å². The smallest absolute Gasteiger partial charge is 0.270 e. The molecule has 1 atom stereocenters. The van der Waals surface area contributed by atoms with E-state index in [2.05, 4.69) is 14.8 Å². The molecule has 1 N–H and O–H groups in total. The lowest BCUT2D eigenvalue weighted by atomic mass is 10.0. The van der Waals surface area contributed by atoms with Gasteiger partial charge in [0.15, 0.2) is 5.84 Å². The monoisotopic (exact) mass is 513 g/mol. The van der Waals surface area contributed by atoms with Crippen LogP contribution in [0, 0.1) is 5.82 Å². The second-order valence-electron chi connectivity index (χ2n) is 8.04. The summed E-state index contributed by atoms with van der Waals surface area (Å²) in [6, 6.07) is 12.5. The minimum absolute atomic E-state index is 0.0323. The van der Waals surface area contributed by atoms with Crippen LogP contribution in [-0.2, 0) is 10.2 Å². The molecule has 1 fully saturated rings. The number of nitrogens with zero attached hydrogens (tertiary/aromatic N) is 4. The maximum Gasteiger partial charge on any atom is 0.302 e. The standard InChI is InChI=1S/C22H23ClF3N5O2S/c1-27-21(29-34(32,33)30-12-10-22(25,26)11-13-30)19-14-20(17-4-2-3-5-18(17)24)31(28-19)16-8-6-15(23)7-9-16/h2-9,20H,10-14H2,1H3,(H,27,29).